The highest BCUT2D eigenvalue weighted by Crippen LogP contribution is 2.23. The summed E-state index contributed by atoms with van der Waals surface area (Å²) >= 11 is 0. The summed E-state index contributed by atoms with van der Waals surface area (Å²) in [6.45, 7) is 1.51. The van der Waals surface area contributed by atoms with E-state index in [0.717, 1.165) is 12.1 Å². The lowest BCUT2D eigenvalue weighted by Gasteiger charge is -2.14. The Labute approximate surface area is 156 Å². The first kappa shape index (κ1) is 18.6. The van der Waals surface area contributed by atoms with E-state index in [-0.39, 0.29) is 21.7 Å². The molecular formula is C20H17FN2O3S. The smallest absolute Gasteiger partial charge is 0.262 e. The number of hydrogen-bond donors (Lipinski definition) is 2. The van der Waals surface area contributed by atoms with E-state index in [1.165, 1.54) is 25.1 Å². The van der Waals surface area contributed by atoms with Gasteiger partial charge < -0.3 is 5.32 Å². The van der Waals surface area contributed by atoms with Crippen molar-refractivity contribution in [1.29, 1.82) is 0 Å². The van der Waals surface area contributed by atoms with Crippen LogP contribution in [0.5, 0.6) is 0 Å². The standard InChI is InChI=1S/C20H17FN2O3S/c1-14-13-15(21)11-12-19(14)27(25,26)23-18-10-6-5-9-17(18)20(24)22-16-7-3-2-4-8-16/h2-13,23H,1H3,(H,22,24). The lowest BCUT2D eigenvalue weighted by Crippen LogP contribution is -2.19. The third-order valence-electron chi connectivity index (χ3n) is 3.87. The molecule has 3 aromatic carbocycles. The number of para-hydroxylation sites is 2. The SMILES string of the molecule is Cc1cc(F)ccc1S(=O)(=O)Nc1ccccc1C(=O)Nc1ccccc1. The number of aryl methyl sites for hydroxylation is 1. The van der Waals surface area contributed by atoms with Crippen LogP contribution in [0.25, 0.3) is 0 Å². The molecule has 0 aromatic heterocycles. The van der Waals surface area contributed by atoms with Crippen molar-refractivity contribution in [1.82, 2.24) is 0 Å². The van der Waals surface area contributed by atoms with E-state index >= 15 is 0 Å². The molecule has 0 heterocycles. The molecule has 0 unspecified atom stereocenters. The monoisotopic (exact) mass is 384 g/mol. The quantitative estimate of drug-likeness (QED) is 0.693. The Balaban J connectivity index is 1.91. The maximum atomic E-state index is 13.3. The lowest BCUT2D eigenvalue weighted by molar-refractivity contribution is 0.102. The normalized spacial score (nSPS) is 11.0. The summed E-state index contributed by atoms with van der Waals surface area (Å²) in [5.41, 5.74) is 1.17. The zero-order valence-electron chi connectivity index (χ0n) is 14.4. The minimum Gasteiger partial charge on any atom is -0.322 e. The van der Waals surface area contributed by atoms with Gasteiger partial charge in [-0.2, -0.15) is 0 Å². The van der Waals surface area contributed by atoms with Crippen LogP contribution >= 0.6 is 0 Å². The van der Waals surface area contributed by atoms with Crippen LogP contribution in [0.1, 0.15) is 15.9 Å². The van der Waals surface area contributed by atoms with Gasteiger partial charge in [-0.15, -0.1) is 0 Å². The zero-order valence-corrected chi connectivity index (χ0v) is 15.3. The van der Waals surface area contributed by atoms with Crippen molar-refractivity contribution in [2.45, 2.75) is 11.8 Å². The second-order valence-electron chi connectivity index (χ2n) is 5.88. The average Bonchev–Trinajstić information content (AvgIpc) is 2.62. The van der Waals surface area contributed by atoms with Gasteiger partial charge in [-0.25, -0.2) is 12.8 Å². The van der Waals surface area contributed by atoms with Crippen LogP contribution in [-0.2, 0) is 10.0 Å². The molecule has 0 spiro atoms. The Kier molecular flexibility index (Phi) is 5.23. The number of halogens is 1. The molecule has 3 aromatic rings. The number of nitrogens with one attached hydrogen (secondary N) is 2. The van der Waals surface area contributed by atoms with E-state index in [1.54, 1.807) is 36.4 Å². The molecule has 3 rings (SSSR count). The third-order valence-corrected chi connectivity index (χ3v) is 5.40. The van der Waals surface area contributed by atoms with Crippen molar-refractivity contribution >= 4 is 27.3 Å². The molecule has 5 nitrogen and oxygen atoms in total. The predicted octanol–water partition coefficient (Wildman–Crippen LogP) is 4.19. The average molecular weight is 384 g/mol. The Morgan fingerprint density at radius 2 is 1.59 bits per heavy atom. The number of hydrogen-bond acceptors (Lipinski definition) is 3. The largest absolute Gasteiger partial charge is 0.322 e. The first-order valence-electron chi connectivity index (χ1n) is 8.11. The fourth-order valence-corrected chi connectivity index (χ4v) is 3.91. The minimum absolute atomic E-state index is 0.0535. The van der Waals surface area contributed by atoms with Gasteiger partial charge in [0.05, 0.1) is 16.1 Å². The molecule has 0 saturated carbocycles. The summed E-state index contributed by atoms with van der Waals surface area (Å²) in [5, 5.41) is 2.72. The highest BCUT2D eigenvalue weighted by molar-refractivity contribution is 7.92. The number of benzene rings is 3. The van der Waals surface area contributed by atoms with Crippen molar-refractivity contribution in [3.05, 3.63) is 89.7 Å². The summed E-state index contributed by atoms with van der Waals surface area (Å²) in [4.78, 5) is 12.5. The van der Waals surface area contributed by atoms with Crippen LogP contribution in [0.4, 0.5) is 15.8 Å². The molecule has 27 heavy (non-hydrogen) atoms. The molecule has 138 valence electrons. The van der Waals surface area contributed by atoms with Gasteiger partial charge in [0.25, 0.3) is 15.9 Å². The molecule has 0 atom stereocenters. The number of rotatable bonds is 5. The van der Waals surface area contributed by atoms with Gasteiger partial charge in [-0.1, -0.05) is 30.3 Å². The van der Waals surface area contributed by atoms with Gasteiger partial charge >= 0.3 is 0 Å². The van der Waals surface area contributed by atoms with Crippen molar-refractivity contribution in [2.24, 2.45) is 0 Å². The van der Waals surface area contributed by atoms with E-state index in [1.807, 2.05) is 6.07 Å². The van der Waals surface area contributed by atoms with E-state index in [2.05, 4.69) is 10.0 Å². The van der Waals surface area contributed by atoms with Crippen LogP contribution in [0.15, 0.2) is 77.7 Å². The molecule has 0 aliphatic rings. The van der Waals surface area contributed by atoms with Crippen LogP contribution in [-0.4, -0.2) is 14.3 Å². The molecule has 7 heteroatoms. The van der Waals surface area contributed by atoms with Gasteiger partial charge in [0, 0.05) is 5.69 Å². The van der Waals surface area contributed by atoms with Gasteiger partial charge in [0.15, 0.2) is 0 Å². The summed E-state index contributed by atoms with van der Waals surface area (Å²) < 4.78 is 41.1. The summed E-state index contributed by atoms with van der Waals surface area (Å²) in [6, 6.07) is 18.5. The van der Waals surface area contributed by atoms with Crippen molar-refractivity contribution in [3.63, 3.8) is 0 Å². The highest BCUT2D eigenvalue weighted by atomic mass is 32.2. The van der Waals surface area contributed by atoms with E-state index < -0.39 is 21.7 Å². The van der Waals surface area contributed by atoms with E-state index in [9.17, 15) is 17.6 Å². The molecule has 0 aliphatic heterocycles. The summed E-state index contributed by atoms with van der Waals surface area (Å²) in [6.07, 6.45) is 0. The summed E-state index contributed by atoms with van der Waals surface area (Å²) in [7, 11) is -3.99. The van der Waals surface area contributed by atoms with Crippen LogP contribution in [0.3, 0.4) is 0 Å². The molecule has 0 radical (unpaired) electrons. The summed E-state index contributed by atoms with van der Waals surface area (Å²) in [5.74, 6) is -0.968. The fourth-order valence-electron chi connectivity index (χ4n) is 2.60. The van der Waals surface area contributed by atoms with Gasteiger partial charge in [0.2, 0.25) is 0 Å². The Morgan fingerprint density at radius 3 is 2.30 bits per heavy atom. The second-order valence-corrected chi connectivity index (χ2v) is 7.53. The molecule has 1 amide bonds. The molecule has 0 saturated heterocycles. The fraction of sp³-hybridized carbons (Fsp3) is 0.0500. The molecular weight excluding hydrogens is 367 g/mol. The molecule has 0 fully saturated rings. The third kappa shape index (κ3) is 4.32. The molecule has 0 aliphatic carbocycles. The zero-order chi connectivity index (χ0) is 19.4. The first-order valence-corrected chi connectivity index (χ1v) is 9.59. The van der Waals surface area contributed by atoms with Crippen molar-refractivity contribution < 1.29 is 17.6 Å². The minimum atomic E-state index is -3.99. The Morgan fingerprint density at radius 1 is 0.926 bits per heavy atom. The van der Waals surface area contributed by atoms with Crippen molar-refractivity contribution in [2.75, 3.05) is 10.0 Å². The number of carbonyl (C=O) groups excluding carboxylic acids is 1. The van der Waals surface area contributed by atoms with Gasteiger partial charge in [-0.05, 0) is 55.0 Å². The first-order chi connectivity index (χ1) is 12.9. The van der Waals surface area contributed by atoms with Crippen molar-refractivity contribution in [3.8, 4) is 0 Å². The number of anilines is 2. The number of sulfonamides is 1. The number of carbonyl (C=O) groups is 1. The Hall–Kier alpha value is -3.19. The topological polar surface area (TPSA) is 75.3 Å². The van der Waals surface area contributed by atoms with Gasteiger partial charge in [-0.3, -0.25) is 9.52 Å². The maximum Gasteiger partial charge on any atom is 0.262 e. The second kappa shape index (κ2) is 7.59. The predicted molar refractivity (Wildman–Crippen MR) is 103 cm³/mol. The van der Waals surface area contributed by atoms with Gasteiger partial charge in [0.1, 0.15) is 5.82 Å². The van der Waals surface area contributed by atoms with E-state index in [4.69, 9.17) is 0 Å². The lowest BCUT2D eigenvalue weighted by atomic mass is 10.1. The molecule has 2 N–H and O–H groups in total. The van der Waals surface area contributed by atoms with Crippen LogP contribution < -0.4 is 10.0 Å². The Bertz CT molecular complexity index is 1080. The maximum absolute atomic E-state index is 13.3. The highest BCUT2D eigenvalue weighted by Gasteiger charge is 2.20. The molecule has 0 bridgehead atoms. The van der Waals surface area contributed by atoms with E-state index in [0.29, 0.717) is 5.69 Å². The van der Waals surface area contributed by atoms with Crippen LogP contribution in [0, 0.1) is 12.7 Å². The number of amides is 1. The van der Waals surface area contributed by atoms with Crippen LogP contribution in [0.2, 0.25) is 0 Å².